The molecule has 0 saturated heterocycles. The van der Waals surface area contributed by atoms with Crippen LogP contribution in [0.1, 0.15) is 46.8 Å². The molecule has 2 aromatic rings. The van der Waals surface area contributed by atoms with Crippen molar-refractivity contribution in [2.24, 2.45) is 0 Å². The molecule has 0 aromatic carbocycles. The van der Waals surface area contributed by atoms with E-state index >= 15 is 0 Å². The van der Waals surface area contributed by atoms with Gasteiger partial charge in [0.15, 0.2) is 5.69 Å². The number of hydrogen-bond acceptors (Lipinski definition) is 4. The fraction of sp³-hybridized carbons (Fsp3) is 0.533. The molecular weight excluding hydrogens is 268 g/mol. The second-order valence-electron chi connectivity index (χ2n) is 5.85. The minimum Gasteiger partial charge on any atom is -0.360 e. The largest absolute Gasteiger partial charge is 0.360 e. The normalized spacial score (nSPS) is 20.7. The van der Waals surface area contributed by atoms with Gasteiger partial charge in [0.05, 0.1) is 0 Å². The number of aryl methyl sites for hydroxylation is 2. The lowest BCUT2D eigenvalue weighted by Gasteiger charge is -2.24. The molecule has 0 spiro atoms. The van der Waals surface area contributed by atoms with Gasteiger partial charge >= 0.3 is 0 Å². The first-order chi connectivity index (χ1) is 10.3. The van der Waals surface area contributed by atoms with Crippen molar-refractivity contribution in [1.29, 1.82) is 0 Å². The predicted octanol–water partition coefficient (Wildman–Crippen LogP) is 1.49. The maximum Gasteiger partial charge on any atom is 0.273 e. The van der Waals surface area contributed by atoms with Crippen molar-refractivity contribution in [3.8, 4) is 0 Å². The number of hydrogen-bond donors (Lipinski definition) is 1. The number of carbonyl (C=O) groups is 1. The van der Waals surface area contributed by atoms with Crippen molar-refractivity contribution in [3.63, 3.8) is 0 Å². The maximum atomic E-state index is 12.4. The van der Waals surface area contributed by atoms with Crippen LogP contribution < -0.4 is 5.32 Å². The van der Waals surface area contributed by atoms with E-state index in [1.807, 2.05) is 16.9 Å². The quantitative estimate of drug-likeness (QED) is 0.908. The first-order valence-electron chi connectivity index (χ1n) is 7.60. The van der Waals surface area contributed by atoms with Crippen LogP contribution in [0.15, 0.2) is 16.8 Å². The summed E-state index contributed by atoms with van der Waals surface area (Å²) in [4.78, 5) is 12.4. The Bertz CT molecular complexity index is 673. The molecule has 2 aliphatic rings. The van der Waals surface area contributed by atoms with Crippen LogP contribution in [-0.2, 0) is 25.8 Å². The zero-order valence-electron chi connectivity index (χ0n) is 11.8. The summed E-state index contributed by atoms with van der Waals surface area (Å²) in [5.74, 6) is 0.799. The van der Waals surface area contributed by atoms with E-state index in [0.29, 0.717) is 5.69 Å². The Balaban J connectivity index is 1.48. The van der Waals surface area contributed by atoms with E-state index in [0.717, 1.165) is 56.4 Å². The van der Waals surface area contributed by atoms with Gasteiger partial charge in [0.2, 0.25) is 0 Å². The molecule has 4 rings (SSSR count). The van der Waals surface area contributed by atoms with E-state index < -0.39 is 0 Å². The molecule has 6 nitrogen and oxygen atoms in total. The number of aromatic nitrogens is 3. The van der Waals surface area contributed by atoms with E-state index in [4.69, 9.17) is 4.52 Å². The van der Waals surface area contributed by atoms with E-state index in [1.54, 1.807) is 0 Å². The average molecular weight is 286 g/mol. The smallest absolute Gasteiger partial charge is 0.273 e. The van der Waals surface area contributed by atoms with Crippen LogP contribution in [0.3, 0.4) is 0 Å². The van der Waals surface area contributed by atoms with E-state index in [-0.39, 0.29) is 11.9 Å². The van der Waals surface area contributed by atoms with Gasteiger partial charge in [0.1, 0.15) is 5.76 Å². The fourth-order valence-corrected chi connectivity index (χ4v) is 3.31. The summed E-state index contributed by atoms with van der Waals surface area (Å²) in [5.41, 5.74) is 2.68. The number of nitrogens with zero attached hydrogens (tertiary/aromatic N) is 3. The molecule has 1 N–H and O–H groups in total. The van der Waals surface area contributed by atoms with Gasteiger partial charge in [-0.1, -0.05) is 5.16 Å². The van der Waals surface area contributed by atoms with Crippen molar-refractivity contribution < 1.29 is 9.32 Å². The van der Waals surface area contributed by atoms with Crippen LogP contribution in [-0.4, -0.2) is 26.9 Å². The topological polar surface area (TPSA) is 73.0 Å². The minimum absolute atomic E-state index is 0.0973. The Labute approximate surface area is 122 Å². The number of rotatable bonds is 2. The van der Waals surface area contributed by atoms with Gasteiger partial charge in [0.25, 0.3) is 5.91 Å². The van der Waals surface area contributed by atoms with E-state index in [2.05, 4.69) is 15.6 Å². The molecule has 6 heteroatoms. The summed E-state index contributed by atoms with van der Waals surface area (Å²) in [6.07, 6.45) is 7.57. The highest BCUT2D eigenvalue weighted by Gasteiger charge is 2.27. The third kappa shape index (κ3) is 2.24. The third-order valence-electron chi connectivity index (χ3n) is 4.45. The molecule has 110 valence electrons. The van der Waals surface area contributed by atoms with Gasteiger partial charge in [-0.2, -0.15) is 5.10 Å². The second-order valence-corrected chi connectivity index (χ2v) is 5.85. The van der Waals surface area contributed by atoms with Gasteiger partial charge in [-0.3, -0.25) is 9.48 Å². The van der Waals surface area contributed by atoms with Gasteiger partial charge in [0, 0.05) is 42.9 Å². The molecule has 0 saturated carbocycles. The molecule has 1 atom stereocenters. The lowest BCUT2D eigenvalue weighted by atomic mass is 9.96. The highest BCUT2D eigenvalue weighted by molar-refractivity contribution is 5.94. The Morgan fingerprint density at radius 2 is 2.29 bits per heavy atom. The minimum atomic E-state index is -0.0973. The molecular formula is C15H18N4O2. The molecule has 1 aliphatic heterocycles. The summed E-state index contributed by atoms with van der Waals surface area (Å²) < 4.78 is 7.32. The highest BCUT2D eigenvalue weighted by atomic mass is 16.5. The first-order valence-corrected chi connectivity index (χ1v) is 7.60. The van der Waals surface area contributed by atoms with Crippen molar-refractivity contribution >= 4 is 5.91 Å². The van der Waals surface area contributed by atoms with E-state index in [1.165, 1.54) is 5.69 Å². The van der Waals surface area contributed by atoms with Crippen LogP contribution in [0.2, 0.25) is 0 Å². The summed E-state index contributed by atoms with van der Waals surface area (Å²) in [6, 6.07) is 2.16. The zero-order valence-corrected chi connectivity index (χ0v) is 11.8. The number of amides is 1. The summed E-state index contributed by atoms with van der Waals surface area (Å²) in [7, 11) is 0. The van der Waals surface area contributed by atoms with Gasteiger partial charge in [-0.15, -0.1) is 0 Å². The second kappa shape index (κ2) is 5.02. The van der Waals surface area contributed by atoms with Gasteiger partial charge in [-0.25, -0.2) is 0 Å². The first kappa shape index (κ1) is 12.6. The highest BCUT2D eigenvalue weighted by Crippen LogP contribution is 2.24. The number of fused-ring (bicyclic) bond motifs is 2. The van der Waals surface area contributed by atoms with Crippen LogP contribution in [0.25, 0.3) is 0 Å². The lowest BCUT2D eigenvalue weighted by Crippen LogP contribution is -2.40. The molecule has 3 heterocycles. The van der Waals surface area contributed by atoms with Gasteiger partial charge in [-0.05, 0) is 31.7 Å². The van der Waals surface area contributed by atoms with Crippen LogP contribution in [0, 0.1) is 0 Å². The Kier molecular flexibility index (Phi) is 3.02. The lowest BCUT2D eigenvalue weighted by molar-refractivity contribution is 0.0920. The Hall–Kier alpha value is -2.11. The monoisotopic (exact) mass is 286 g/mol. The van der Waals surface area contributed by atoms with Crippen LogP contribution in [0.5, 0.6) is 0 Å². The molecule has 2 aromatic heterocycles. The van der Waals surface area contributed by atoms with Crippen molar-refractivity contribution in [2.45, 2.75) is 51.1 Å². The number of carbonyl (C=O) groups excluding carboxylic acids is 1. The third-order valence-corrected chi connectivity index (χ3v) is 4.45. The summed E-state index contributed by atoms with van der Waals surface area (Å²) >= 11 is 0. The zero-order chi connectivity index (χ0) is 14.2. The summed E-state index contributed by atoms with van der Waals surface area (Å²) in [6.45, 7) is 0.851. The standard InChI is InChI=1S/C15H18N4O2/c20-15(14-12-3-1-2-4-13(12)21-18-14)17-10-6-8-19-11(9-10)5-7-16-19/h5,7,10H,1-4,6,8-9H2,(H,17,20)/t10-/m0/s1. The molecule has 0 bridgehead atoms. The van der Waals surface area contributed by atoms with E-state index in [9.17, 15) is 4.79 Å². The van der Waals surface area contributed by atoms with Crippen molar-refractivity contribution in [1.82, 2.24) is 20.3 Å². The van der Waals surface area contributed by atoms with Crippen LogP contribution >= 0.6 is 0 Å². The van der Waals surface area contributed by atoms with Gasteiger partial charge < -0.3 is 9.84 Å². The number of nitrogens with one attached hydrogen (secondary N) is 1. The SMILES string of the molecule is O=C(N[C@H]1CCn2nccc2C1)c1noc2c1CCCC2. The average Bonchev–Trinajstić information content (AvgIpc) is 3.13. The molecule has 0 radical (unpaired) electrons. The molecule has 21 heavy (non-hydrogen) atoms. The molecule has 1 aliphatic carbocycles. The molecule has 1 amide bonds. The summed E-state index contributed by atoms with van der Waals surface area (Å²) in [5, 5.41) is 11.3. The maximum absolute atomic E-state index is 12.4. The Morgan fingerprint density at radius 1 is 1.38 bits per heavy atom. The van der Waals surface area contributed by atoms with Crippen LogP contribution in [0.4, 0.5) is 0 Å². The van der Waals surface area contributed by atoms with Crippen molar-refractivity contribution in [3.05, 3.63) is 35.0 Å². The predicted molar refractivity (Wildman–Crippen MR) is 74.9 cm³/mol. The molecule has 0 fully saturated rings. The van der Waals surface area contributed by atoms with Crippen molar-refractivity contribution in [2.75, 3.05) is 0 Å². The fourth-order valence-electron chi connectivity index (χ4n) is 3.31. The Morgan fingerprint density at radius 3 is 3.24 bits per heavy atom. The molecule has 0 unspecified atom stereocenters.